The average Bonchev–Trinajstić information content (AvgIpc) is 2.86. The second kappa shape index (κ2) is 6.35. The summed E-state index contributed by atoms with van der Waals surface area (Å²) in [6.45, 7) is 0.851. The number of carbonyl (C=O) groups excluding carboxylic acids is 3. The van der Waals surface area contributed by atoms with Crippen LogP contribution in [0.3, 0.4) is 0 Å². The van der Waals surface area contributed by atoms with Gasteiger partial charge in [0.2, 0.25) is 5.91 Å². The van der Waals surface area contributed by atoms with Crippen LogP contribution in [0, 0.1) is 0 Å². The van der Waals surface area contributed by atoms with E-state index in [-0.39, 0.29) is 11.8 Å². The van der Waals surface area contributed by atoms with Gasteiger partial charge in [-0.3, -0.25) is 14.9 Å². The third kappa shape index (κ3) is 3.10. The van der Waals surface area contributed by atoms with E-state index < -0.39 is 11.6 Å². The normalized spacial score (nSPS) is 19.5. The van der Waals surface area contributed by atoms with Gasteiger partial charge in [-0.25, -0.2) is 4.79 Å². The van der Waals surface area contributed by atoms with Crippen LogP contribution in [0.25, 0.3) is 6.08 Å². The predicted octanol–water partition coefficient (Wildman–Crippen LogP) is 0.909. The molecule has 2 fully saturated rings. The second-order valence-electron chi connectivity index (χ2n) is 5.93. The van der Waals surface area contributed by atoms with E-state index in [4.69, 9.17) is 4.74 Å². The number of benzene rings is 1. The molecule has 0 saturated carbocycles. The van der Waals surface area contributed by atoms with Crippen LogP contribution < -0.4 is 15.4 Å². The van der Waals surface area contributed by atoms with Crippen molar-refractivity contribution in [3.8, 4) is 5.75 Å². The van der Waals surface area contributed by atoms with Crippen LogP contribution in [0.15, 0.2) is 30.3 Å². The number of methoxy groups -OCH3 is 1. The van der Waals surface area contributed by atoms with E-state index in [0.29, 0.717) is 25.9 Å². The number of carbonyl (C=O) groups is 3. The van der Waals surface area contributed by atoms with Crippen molar-refractivity contribution >= 4 is 23.9 Å². The number of nitrogens with one attached hydrogen (secondary N) is 2. The van der Waals surface area contributed by atoms with E-state index in [1.807, 2.05) is 24.3 Å². The lowest BCUT2D eigenvalue weighted by Crippen LogP contribution is -2.55. The van der Waals surface area contributed by atoms with Crippen molar-refractivity contribution in [3.63, 3.8) is 0 Å². The lowest BCUT2D eigenvalue weighted by molar-refractivity contribution is -0.132. The topological polar surface area (TPSA) is 87.7 Å². The number of nitrogens with zero attached hydrogens (tertiary/aromatic N) is 1. The summed E-state index contributed by atoms with van der Waals surface area (Å²) in [7, 11) is 1.59. The number of urea groups is 1. The van der Waals surface area contributed by atoms with Crippen LogP contribution in [0.2, 0.25) is 0 Å². The fourth-order valence-electron chi connectivity index (χ4n) is 3.01. The van der Waals surface area contributed by atoms with E-state index in [9.17, 15) is 14.4 Å². The van der Waals surface area contributed by atoms with E-state index in [2.05, 4.69) is 10.6 Å². The van der Waals surface area contributed by atoms with Gasteiger partial charge >= 0.3 is 6.03 Å². The molecule has 1 aromatic carbocycles. The first-order valence-electron chi connectivity index (χ1n) is 7.77. The summed E-state index contributed by atoms with van der Waals surface area (Å²) >= 11 is 0. The smallest absolute Gasteiger partial charge is 0.322 e. The molecule has 0 unspecified atom stereocenters. The minimum atomic E-state index is -0.857. The Hall–Kier alpha value is -2.83. The Bertz CT molecular complexity index is 706. The molecule has 0 aliphatic carbocycles. The number of imide groups is 1. The van der Waals surface area contributed by atoms with Gasteiger partial charge in [-0.1, -0.05) is 12.1 Å². The zero-order valence-corrected chi connectivity index (χ0v) is 13.4. The van der Waals surface area contributed by atoms with Gasteiger partial charge in [-0.2, -0.15) is 0 Å². The summed E-state index contributed by atoms with van der Waals surface area (Å²) in [6, 6.07) is 6.96. The van der Waals surface area contributed by atoms with Crippen LogP contribution in [0.4, 0.5) is 4.79 Å². The van der Waals surface area contributed by atoms with Crippen LogP contribution in [-0.2, 0) is 9.59 Å². The SMILES string of the molecule is COc1cccc(/C=C/C(=O)N2CCC3(CC2)NC(=O)NC3=O)c1. The zero-order valence-electron chi connectivity index (χ0n) is 13.4. The van der Waals surface area contributed by atoms with Crippen LogP contribution in [0.5, 0.6) is 5.75 Å². The van der Waals surface area contributed by atoms with Gasteiger partial charge < -0.3 is 15.0 Å². The third-order valence-corrected chi connectivity index (χ3v) is 4.46. The number of likely N-dealkylation sites (tertiary alicyclic amines) is 1. The summed E-state index contributed by atoms with van der Waals surface area (Å²) in [4.78, 5) is 37.2. The van der Waals surface area contributed by atoms with Gasteiger partial charge in [0.1, 0.15) is 11.3 Å². The van der Waals surface area contributed by atoms with Crippen molar-refractivity contribution in [1.82, 2.24) is 15.5 Å². The van der Waals surface area contributed by atoms with Crippen LogP contribution in [0.1, 0.15) is 18.4 Å². The summed E-state index contributed by atoms with van der Waals surface area (Å²) in [5.74, 6) is 0.316. The number of rotatable bonds is 3. The molecule has 0 aromatic heterocycles. The summed E-state index contributed by atoms with van der Waals surface area (Å²) < 4.78 is 5.15. The van der Waals surface area contributed by atoms with Gasteiger partial charge in [0.15, 0.2) is 0 Å². The van der Waals surface area contributed by atoms with Gasteiger partial charge in [0.05, 0.1) is 7.11 Å². The lowest BCUT2D eigenvalue weighted by atomic mass is 9.87. The fourth-order valence-corrected chi connectivity index (χ4v) is 3.01. The highest BCUT2D eigenvalue weighted by atomic mass is 16.5. The van der Waals surface area contributed by atoms with Crippen LogP contribution >= 0.6 is 0 Å². The van der Waals surface area contributed by atoms with Gasteiger partial charge in [-0.15, -0.1) is 0 Å². The first kappa shape index (κ1) is 16.0. The summed E-state index contributed by atoms with van der Waals surface area (Å²) in [6.07, 6.45) is 4.09. The molecule has 2 heterocycles. The minimum Gasteiger partial charge on any atom is -0.497 e. The van der Waals surface area contributed by atoms with Crippen molar-refractivity contribution in [2.24, 2.45) is 0 Å². The molecule has 3 rings (SSSR count). The van der Waals surface area contributed by atoms with E-state index >= 15 is 0 Å². The third-order valence-electron chi connectivity index (χ3n) is 4.46. The molecule has 2 aliphatic heterocycles. The van der Waals surface area contributed by atoms with E-state index in [1.165, 1.54) is 6.08 Å². The standard InChI is InChI=1S/C17H19N3O4/c1-24-13-4-2-3-12(11-13)5-6-14(21)20-9-7-17(8-10-20)15(22)18-16(23)19-17/h2-6,11H,7-10H2,1H3,(H2,18,19,22,23)/b6-5+. The number of hydrogen-bond acceptors (Lipinski definition) is 4. The maximum Gasteiger partial charge on any atom is 0.322 e. The highest BCUT2D eigenvalue weighted by molar-refractivity contribution is 6.07. The highest BCUT2D eigenvalue weighted by Crippen LogP contribution is 2.25. The van der Waals surface area contributed by atoms with Crippen molar-refractivity contribution in [2.75, 3.05) is 20.2 Å². The molecular weight excluding hydrogens is 310 g/mol. The first-order chi connectivity index (χ1) is 11.5. The van der Waals surface area contributed by atoms with Crippen molar-refractivity contribution in [3.05, 3.63) is 35.9 Å². The quantitative estimate of drug-likeness (QED) is 0.637. The minimum absolute atomic E-state index is 0.114. The molecule has 7 nitrogen and oxygen atoms in total. The highest BCUT2D eigenvalue weighted by Gasteiger charge is 2.48. The lowest BCUT2D eigenvalue weighted by Gasteiger charge is -2.36. The molecule has 1 spiro atoms. The molecule has 2 saturated heterocycles. The summed E-state index contributed by atoms with van der Waals surface area (Å²) in [5.41, 5.74) is 0.0169. The molecule has 0 atom stereocenters. The molecular formula is C17H19N3O4. The maximum atomic E-state index is 12.3. The monoisotopic (exact) mass is 329 g/mol. The van der Waals surface area contributed by atoms with E-state index in [1.54, 1.807) is 18.1 Å². The Kier molecular flexibility index (Phi) is 4.24. The molecule has 2 aliphatic rings. The molecule has 1 aromatic rings. The molecule has 7 heteroatoms. The second-order valence-corrected chi connectivity index (χ2v) is 5.93. The van der Waals surface area contributed by atoms with Gasteiger partial charge in [-0.05, 0) is 36.6 Å². The molecule has 126 valence electrons. The largest absolute Gasteiger partial charge is 0.497 e. The molecule has 0 bridgehead atoms. The Morgan fingerprint density at radius 3 is 2.67 bits per heavy atom. The number of hydrogen-bond donors (Lipinski definition) is 2. The van der Waals surface area contributed by atoms with E-state index in [0.717, 1.165) is 11.3 Å². The number of ether oxygens (including phenoxy) is 1. The average molecular weight is 329 g/mol. The van der Waals surface area contributed by atoms with Gasteiger partial charge in [0, 0.05) is 19.2 Å². The van der Waals surface area contributed by atoms with Gasteiger partial charge in [0.25, 0.3) is 5.91 Å². The Labute approximate surface area is 139 Å². The summed E-state index contributed by atoms with van der Waals surface area (Å²) in [5, 5.41) is 4.94. The Balaban J connectivity index is 1.60. The Morgan fingerprint density at radius 1 is 1.29 bits per heavy atom. The molecule has 2 N–H and O–H groups in total. The van der Waals surface area contributed by atoms with Crippen molar-refractivity contribution < 1.29 is 19.1 Å². The Morgan fingerprint density at radius 2 is 2.04 bits per heavy atom. The number of piperidine rings is 1. The maximum absolute atomic E-state index is 12.3. The number of amides is 4. The molecule has 0 radical (unpaired) electrons. The predicted molar refractivity (Wildman–Crippen MR) is 87.2 cm³/mol. The van der Waals surface area contributed by atoms with Crippen molar-refractivity contribution in [2.45, 2.75) is 18.4 Å². The van der Waals surface area contributed by atoms with Crippen LogP contribution in [-0.4, -0.2) is 48.5 Å². The van der Waals surface area contributed by atoms with Crippen molar-refractivity contribution in [1.29, 1.82) is 0 Å². The first-order valence-corrected chi connectivity index (χ1v) is 7.77. The zero-order chi connectivity index (χ0) is 17.2. The molecule has 4 amide bonds. The molecule has 24 heavy (non-hydrogen) atoms. The fraction of sp³-hybridized carbons (Fsp3) is 0.353.